The number of alkyl halides is 2. The van der Waals surface area contributed by atoms with E-state index >= 15 is 0 Å². The first-order valence-corrected chi connectivity index (χ1v) is 5.11. The molecule has 0 atom stereocenters. The van der Waals surface area contributed by atoms with Crippen molar-refractivity contribution >= 4 is 11.6 Å². The van der Waals surface area contributed by atoms with Crippen LogP contribution in [0.2, 0.25) is 5.28 Å². The number of rotatable bonds is 2. The van der Waals surface area contributed by atoms with Crippen LogP contribution in [0.25, 0.3) is 0 Å². The normalized spacial score (nSPS) is 16.3. The smallest absolute Gasteiger partial charge is 0.295 e. The van der Waals surface area contributed by atoms with Crippen LogP contribution < -0.4 is 4.74 Å². The fourth-order valence-electron chi connectivity index (χ4n) is 1.71. The highest BCUT2D eigenvalue weighted by Gasteiger charge is 2.27. The molecule has 0 aromatic carbocycles. The van der Waals surface area contributed by atoms with Gasteiger partial charge in [0.15, 0.2) is 0 Å². The van der Waals surface area contributed by atoms with Crippen LogP contribution in [0.5, 0.6) is 5.88 Å². The van der Waals surface area contributed by atoms with Crippen LogP contribution in [0.15, 0.2) is 0 Å². The van der Waals surface area contributed by atoms with E-state index < -0.39 is 6.55 Å². The molecule has 0 N–H and O–H groups in total. The number of fused-ring (bicyclic) bond motifs is 1. The SMILES string of the molecule is COc1nc(Cl)nc2c1CN(C(F)F)CC2. The molecule has 1 aromatic rings. The van der Waals surface area contributed by atoms with E-state index in [1.807, 2.05) is 0 Å². The fourth-order valence-corrected chi connectivity index (χ4v) is 1.89. The molecule has 1 aliphatic heterocycles. The van der Waals surface area contributed by atoms with Crippen LogP contribution in [-0.2, 0) is 13.0 Å². The predicted octanol–water partition coefficient (Wildman–Crippen LogP) is 1.72. The van der Waals surface area contributed by atoms with Gasteiger partial charge in [-0.1, -0.05) is 0 Å². The van der Waals surface area contributed by atoms with Crippen LogP contribution in [0.4, 0.5) is 8.78 Å². The molecule has 0 bridgehead atoms. The number of nitrogens with zero attached hydrogens (tertiary/aromatic N) is 3. The Morgan fingerprint density at radius 1 is 1.44 bits per heavy atom. The van der Waals surface area contributed by atoms with E-state index in [4.69, 9.17) is 16.3 Å². The maximum Gasteiger partial charge on any atom is 0.295 e. The van der Waals surface area contributed by atoms with Gasteiger partial charge < -0.3 is 4.74 Å². The molecule has 0 radical (unpaired) electrons. The van der Waals surface area contributed by atoms with Gasteiger partial charge in [0, 0.05) is 19.5 Å². The van der Waals surface area contributed by atoms with E-state index in [0.29, 0.717) is 17.7 Å². The minimum absolute atomic E-state index is 0.0843. The van der Waals surface area contributed by atoms with Crippen molar-refractivity contribution in [1.82, 2.24) is 14.9 Å². The first-order valence-electron chi connectivity index (χ1n) is 4.73. The van der Waals surface area contributed by atoms with E-state index in [-0.39, 0.29) is 24.3 Å². The molecule has 1 aromatic heterocycles. The molecule has 0 spiro atoms. The minimum Gasteiger partial charge on any atom is -0.481 e. The van der Waals surface area contributed by atoms with E-state index in [1.165, 1.54) is 7.11 Å². The Hall–Kier alpha value is -1.01. The third-order valence-electron chi connectivity index (χ3n) is 2.49. The third kappa shape index (κ3) is 2.08. The molecule has 2 rings (SSSR count). The summed E-state index contributed by atoms with van der Waals surface area (Å²) in [4.78, 5) is 8.92. The molecule has 0 saturated carbocycles. The number of aromatic nitrogens is 2. The van der Waals surface area contributed by atoms with Crippen molar-refractivity contribution in [3.05, 3.63) is 16.5 Å². The Morgan fingerprint density at radius 3 is 2.81 bits per heavy atom. The van der Waals surface area contributed by atoms with Crippen LogP contribution in [0, 0.1) is 0 Å². The molecule has 7 heteroatoms. The van der Waals surface area contributed by atoms with E-state index in [0.717, 1.165) is 4.90 Å². The molecule has 16 heavy (non-hydrogen) atoms. The van der Waals surface area contributed by atoms with Crippen LogP contribution in [0.1, 0.15) is 11.3 Å². The van der Waals surface area contributed by atoms with Gasteiger partial charge in [-0.05, 0) is 11.6 Å². The van der Waals surface area contributed by atoms with Crippen molar-refractivity contribution < 1.29 is 13.5 Å². The maximum absolute atomic E-state index is 12.5. The van der Waals surface area contributed by atoms with Crippen LogP contribution in [0.3, 0.4) is 0 Å². The average molecular weight is 250 g/mol. The molecular formula is C9H10ClF2N3O. The number of ether oxygens (including phenoxy) is 1. The van der Waals surface area contributed by atoms with Gasteiger partial charge in [-0.2, -0.15) is 13.8 Å². The van der Waals surface area contributed by atoms with Crippen molar-refractivity contribution in [3.63, 3.8) is 0 Å². The Labute approximate surface area is 96.2 Å². The summed E-state index contributed by atoms with van der Waals surface area (Å²) in [6.07, 6.45) is 0.429. The van der Waals surface area contributed by atoms with Gasteiger partial charge in [-0.15, -0.1) is 0 Å². The van der Waals surface area contributed by atoms with Crippen molar-refractivity contribution in [2.75, 3.05) is 13.7 Å². The molecule has 88 valence electrons. The lowest BCUT2D eigenvalue weighted by Gasteiger charge is -2.27. The second-order valence-electron chi connectivity index (χ2n) is 3.43. The van der Waals surface area contributed by atoms with Gasteiger partial charge in [0.2, 0.25) is 11.2 Å². The lowest BCUT2D eigenvalue weighted by molar-refractivity contribution is -0.0364. The van der Waals surface area contributed by atoms with Gasteiger partial charge >= 0.3 is 0 Å². The van der Waals surface area contributed by atoms with E-state index in [1.54, 1.807) is 0 Å². The highest BCUT2D eigenvalue weighted by Crippen LogP contribution is 2.27. The predicted molar refractivity (Wildman–Crippen MR) is 53.7 cm³/mol. The van der Waals surface area contributed by atoms with E-state index in [2.05, 4.69) is 9.97 Å². The Kier molecular flexibility index (Phi) is 3.20. The standard InChI is InChI=1S/C9H10ClF2N3O/c1-16-7-5-4-15(9(11)12)3-2-6(5)13-8(10)14-7/h9H,2-4H2,1H3. The monoisotopic (exact) mass is 249 g/mol. The topological polar surface area (TPSA) is 38.3 Å². The Balaban J connectivity index is 2.36. The molecule has 0 fully saturated rings. The quantitative estimate of drug-likeness (QED) is 0.591. The first kappa shape index (κ1) is 11.5. The number of hydrogen-bond acceptors (Lipinski definition) is 4. The third-order valence-corrected chi connectivity index (χ3v) is 2.66. The highest BCUT2D eigenvalue weighted by atomic mass is 35.5. The zero-order valence-corrected chi connectivity index (χ0v) is 9.34. The molecule has 0 saturated heterocycles. The lowest BCUT2D eigenvalue weighted by Crippen LogP contribution is -2.35. The lowest BCUT2D eigenvalue weighted by atomic mass is 10.1. The van der Waals surface area contributed by atoms with Crippen molar-refractivity contribution in [3.8, 4) is 5.88 Å². The van der Waals surface area contributed by atoms with E-state index in [9.17, 15) is 8.78 Å². The van der Waals surface area contributed by atoms with Crippen LogP contribution >= 0.6 is 11.6 Å². The van der Waals surface area contributed by atoms with Gasteiger partial charge in [-0.3, -0.25) is 0 Å². The van der Waals surface area contributed by atoms with Gasteiger partial charge in [0.1, 0.15) is 0 Å². The minimum atomic E-state index is -2.48. The van der Waals surface area contributed by atoms with Crippen molar-refractivity contribution in [2.24, 2.45) is 0 Å². The van der Waals surface area contributed by atoms with Gasteiger partial charge in [0.05, 0.1) is 18.4 Å². The highest BCUT2D eigenvalue weighted by molar-refractivity contribution is 6.28. The molecule has 0 unspecified atom stereocenters. The first-order chi connectivity index (χ1) is 7.61. The summed E-state index contributed by atoms with van der Waals surface area (Å²) >= 11 is 5.70. The Bertz CT molecular complexity index is 385. The summed E-state index contributed by atoms with van der Waals surface area (Å²) in [7, 11) is 1.43. The summed E-state index contributed by atoms with van der Waals surface area (Å²) in [5.74, 6) is 0.278. The van der Waals surface area contributed by atoms with Gasteiger partial charge in [0.25, 0.3) is 6.55 Å². The molecule has 2 heterocycles. The second-order valence-corrected chi connectivity index (χ2v) is 3.76. The summed E-state index contributed by atoms with van der Waals surface area (Å²) < 4.78 is 30.1. The molecule has 0 aliphatic carbocycles. The second kappa shape index (κ2) is 4.47. The maximum atomic E-state index is 12.5. The average Bonchev–Trinajstić information content (AvgIpc) is 2.27. The molecule has 4 nitrogen and oxygen atoms in total. The molecule has 1 aliphatic rings. The Morgan fingerprint density at radius 2 is 2.19 bits per heavy atom. The summed E-state index contributed by atoms with van der Waals surface area (Å²) in [6.45, 7) is -2.12. The summed E-state index contributed by atoms with van der Waals surface area (Å²) in [5, 5.41) is 0.0843. The molecular weight excluding hydrogens is 240 g/mol. The van der Waals surface area contributed by atoms with Crippen molar-refractivity contribution in [2.45, 2.75) is 19.5 Å². The fraction of sp³-hybridized carbons (Fsp3) is 0.556. The number of hydrogen-bond donors (Lipinski definition) is 0. The molecule has 0 amide bonds. The largest absolute Gasteiger partial charge is 0.481 e. The van der Waals surface area contributed by atoms with Crippen LogP contribution in [-0.4, -0.2) is 35.1 Å². The number of methoxy groups -OCH3 is 1. The van der Waals surface area contributed by atoms with Gasteiger partial charge in [-0.25, -0.2) is 9.88 Å². The zero-order valence-electron chi connectivity index (χ0n) is 8.58. The van der Waals surface area contributed by atoms with Crippen molar-refractivity contribution in [1.29, 1.82) is 0 Å². The number of halogens is 3. The summed E-state index contributed by atoms with van der Waals surface area (Å²) in [5.41, 5.74) is 1.28. The summed E-state index contributed by atoms with van der Waals surface area (Å²) in [6, 6.07) is 0. The zero-order chi connectivity index (χ0) is 11.7.